The van der Waals surface area contributed by atoms with Crippen molar-refractivity contribution < 1.29 is 14.2 Å². The SMILES string of the molecule is COc1cc(OC)c(N=Cc2ccc(C#N)cc2)c(OC)c1. The molecule has 0 bridgehead atoms. The molecule has 0 unspecified atom stereocenters. The van der Waals surface area contributed by atoms with E-state index in [1.54, 1.807) is 51.8 Å². The molecule has 0 aliphatic carbocycles. The van der Waals surface area contributed by atoms with Crippen LogP contribution in [0.1, 0.15) is 11.1 Å². The van der Waals surface area contributed by atoms with Gasteiger partial charge in [0.2, 0.25) is 0 Å². The molecular weight excluding hydrogens is 280 g/mol. The Labute approximate surface area is 129 Å². The van der Waals surface area contributed by atoms with Crippen LogP contribution in [0.4, 0.5) is 5.69 Å². The summed E-state index contributed by atoms with van der Waals surface area (Å²) in [4.78, 5) is 4.44. The summed E-state index contributed by atoms with van der Waals surface area (Å²) in [6.07, 6.45) is 1.69. The van der Waals surface area contributed by atoms with Gasteiger partial charge < -0.3 is 14.2 Å². The molecule has 112 valence electrons. The fraction of sp³-hybridized carbons (Fsp3) is 0.176. The van der Waals surface area contributed by atoms with Crippen LogP contribution in [0.2, 0.25) is 0 Å². The van der Waals surface area contributed by atoms with Gasteiger partial charge in [-0.25, -0.2) is 4.99 Å². The molecule has 0 saturated carbocycles. The normalized spacial score (nSPS) is 10.3. The largest absolute Gasteiger partial charge is 0.496 e. The van der Waals surface area contributed by atoms with Crippen molar-refractivity contribution in [3.05, 3.63) is 47.5 Å². The molecule has 0 aliphatic heterocycles. The van der Waals surface area contributed by atoms with Crippen LogP contribution in [0.25, 0.3) is 0 Å². The van der Waals surface area contributed by atoms with E-state index in [1.807, 2.05) is 12.1 Å². The van der Waals surface area contributed by atoms with Crippen molar-refractivity contribution in [1.29, 1.82) is 5.26 Å². The number of nitriles is 1. The van der Waals surface area contributed by atoms with Crippen molar-refractivity contribution in [3.8, 4) is 23.3 Å². The minimum Gasteiger partial charge on any atom is -0.496 e. The fourth-order valence-corrected chi connectivity index (χ4v) is 1.90. The maximum Gasteiger partial charge on any atom is 0.151 e. The van der Waals surface area contributed by atoms with E-state index >= 15 is 0 Å². The highest BCUT2D eigenvalue weighted by molar-refractivity contribution is 5.84. The number of hydrogen-bond acceptors (Lipinski definition) is 5. The molecule has 22 heavy (non-hydrogen) atoms. The van der Waals surface area contributed by atoms with Crippen molar-refractivity contribution in [2.24, 2.45) is 4.99 Å². The van der Waals surface area contributed by atoms with E-state index < -0.39 is 0 Å². The van der Waals surface area contributed by atoms with E-state index in [4.69, 9.17) is 19.5 Å². The van der Waals surface area contributed by atoms with Crippen molar-refractivity contribution in [2.75, 3.05) is 21.3 Å². The Morgan fingerprint density at radius 3 is 2.00 bits per heavy atom. The molecule has 2 rings (SSSR count). The van der Waals surface area contributed by atoms with Crippen LogP contribution in [0.3, 0.4) is 0 Å². The van der Waals surface area contributed by atoms with Crippen LogP contribution in [-0.4, -0.2) is 27.5 Å². The van der Waals surface area contributed by atoms with Gasteiger partial charge in [-0.05, 0) is 17.7 Å². The first-order valence-corrected chi connectivity index (χ1v) is 6.56. The Kier molecular flexibility index (Phi) is 4.99. The highest BCUT2D eigenvalue weighted by atomic mass is 16.5. The van der Waals surface area contributed by atoms with Gasteiger partial charge >= 0.3 is 0 Å². The molecule has 0 aliphatic rings. The molecular formula is C17H16N2O3. The van der Waals surface area contributed by atoms with Crippen LogP contribution >= 0.6 is 0 Å². The Morgan fingerprint density at radius 1 is 0.955 bits per heavy atom. The van der Waals surface area contributed by atoms with Crippen molar-refractivity contribution in [1.82, 2.24) is 0 Å². The standard InChI is InChI=1S/C17H16N2O3/c1-20-14-8-15(21-2)17(16(9-14)22-3)19-11-13-6-4-12(10-18)5-7-13/h4-9,11H,1-3H3. The number of rotatable bonds is 5. The van der Waals surface area contributed by atoms with Gasteiger partial charge in [0, 0.05) is 18.3 Å². The summed E-state index contributed by atoms with van der Waals surface area (Å²) in [5.74, 6) is 1.74. The van der Waals surface area contributed by atoms with Gasteiger partial charge in [0.15, 0.2) is 11.5 Å². The highest BCUT2D eigenvalue weighted by Crippen LogP contribution is 2.40. The number of methoxy groups -OCH3 is 3. The zero-order valence-electron chi connectivity index (χ0n) is 12.7. The van der Waals surface area contributed by atoms with Gasteiger partial charge in [0.1, 0.15) is 11.4 Å². The lowest BCUT2D eigenvalue weighted by atomic mass is 10.1. The second-order valence-electron chi connectivity index (χ2n) is 4.37. The topological polar surface area (TPSA) is 63.8 Å². The molecule has 0 saturated heterocycles. The van der Waals surface area contributed by atoms with E-state index in [-0.39, 0.29) is 0 Å². The minimum atomic E-state index is 0.557. The van der Waals surface area contributed by atoms with Crippen molar-refractivity contribution >= 4 is 11.9 Å². The van der Waals surface area contributed by atoms with Crippen LogP contribution < -0.4 is 14.2 Å². The molecule has 0 N–H and O–H groups in total. The lowest BCUT2D eigenvalue weighted by Crippen LogP contribution is -1.92. The Balaban J connectivity index is 2.38. The molecule has 5 heteroatoms. The highest BCUT2D eigenvalue weighted by Gasteiger charge is 2.11. The lowest BCUT2D eigenvalue weighted by molar-refractivity contribution is 0.377. The second kappa shape index (κ2) is 7.14. The molecule has 0 heterocycles. The fourth-order valence-electron chi connectivity index (χ4n) is 1.90. The van der Waals surface area contributed by atoms with Crippen LogP contribution in [-0.2, 0) is 0 Å². The summed E-state index contributed by atoms with van der Waals surface area (Å²) in [5.41, 5.74) is 2.06. The summed E-state index contributed by atoms with van der Waals surface area (Å²) in [6.45, 7) is 0. The first-order valence-electron chi connectivity index (χ1n) is 6.56. The van der Waals surface area contributed by atoms with Gasteiger partial charge in [0.25, 0.3) is 0 Å². The predicted octanol–water partition coefficient (Wildman–Crippen LogP) is 3.33. The number of ether oxygens (including phenoxy) is 3. The molecule has 0 fully saturated rings. The Bertz CT molecular complexity index is 691. The molecule has 5 nitrogen and oxygen atoms in total. The maximum absolute atomic E-state index is 8.79. The van der Waals surface area contributed by atoms with Gasteiger partial charge in [-0.2, -0.15) is 5.26 Å². The summed E-state index contributed by atoms with van der Waals surface area (Å²) in [7, 11) is 4.71. The molecule has 0 spiro atoms. The second-order valence-corrected chi connectivity index (χ2v) is 4.37. The quantitative estimate of drug-likeness (QED) is 0.794. The molecule has 0 radical (unpaired) electrons. The monoisotopic (exact) mass is 296 g/mol. The average Bonchev–Trinajstić information content (AvgIpc) is 2.59. The number of aliphatic imine (C=N–C) groups is 1. The van der Waals surface area contributed by atoms with Crippen LogP contribution in [0.15, 0.2) is 41.4 Å². The smallest absolute Gasteiger partial charge is 0.151 e. The van der Waals surface area contributed by atoms with Crippen LogP contribution in [0, 0.1) is 11.3 Å². The summed E-state index contributed by atoms with van der Waals surface area (Å²) >= 11 is 0. The zero-order chi connectivity index (χ0) is 15.9. The first-order chi connectivity index (χ1) is 10.7. The molecule has 2 aromatic carbocycles. The zero-order valence-corrected chi connectivity index (χ0v) is 12.7. The van der Waals surface area contributed by atoms with Gasteiger partial charge in [-0.15, -0.1) is 0 Å². The third kappa shape index (κ3) is 3.36. The Hall–Kier alpha value is -3.00. The number of hydrogen-bond donors (Lipinski definition) is 0. The molecule has 0 amide bonds. The van der Waals surface area contributed by atoms with Gasteiger partial charge in [0.05, 0.1) is 33.0 Å². The number of benzene rings is 2. The first kappa shape index (κ1) is 15.4. The van der Waals surface area contributed by atoms with Gasteiger partial charge in [-0.3, -0.25) is 0 Å². The van der Waals surface area contributed by atoms with E-state index in [0.717, 1.165) is 5.56 Å². The van der Waals surface area contributed by atoms with E-state index in [9.17, 15) is 0 Å². The molecule has 0 aromatic heterocycles. The van der Waals surface area contributed by atoms with E-state index in [0.29, 0.717) is 28.5 Å². The summed E-state index contributed by atoms with van der Waals surface area (Å²) < 4.78 is 15.9. The Morgan fingerprint density at radius 2 is 1.55 bits per heavy atom. The van der Waals surface area contributed by atoms with Crippen LogP contribution in [0.5, 0.6) is 17.2 Å². The maximum atomic E-state index is 8.79. The third-order valence-electron chi connectivity index (χ3n) is 3.07. The van der Waals surface area contributed by atoms with Gasteiger partial charge in [-0.1, -0.05) is 12.1 Å². The van der Waals surface area contributed by atoms with Crippen molar-refractivity contribution in [2.45, 2.75) is 0 Å². The lowest BCUT2D eigenvalue weighted by Gasteiger charge is -2.11. The van der Waals surface area contributed by atoms with Crippen molar-refractivity contribution in [3.63, 3.8) is 0 Å². The predicted molar refractivity (Wildman–Crippen MR) is 84.5 cm³/mol. The summed E-state index contributed by atoms with van der Waals surface area (Å²) in [6, 6.07) is 12.7. The van der Waals surface area contributed by atoms with E-state index in [2.05, 4.69) is 11.1 Å². The summed E-state index contributed by atoms with van der Waals surface area (Å²) in [5, 5.41) is 8.79. The average molecular weight is 296 g/mol. The molecule has 2 aromatic rings. The third-order valence-corrected chi connectivity index (χ3v) is 3.07. The molecule has 0 atom stereocenters. The number of nitrogens with zero attached hydrogens (tertiary/aromatic N) is 2. The minimum absolute atomic E-state index is 0.557. The van der Waals surface area contributed by atoms with E-state index in [1.165, 1.54) is 0 Å².